The SMILES string of the molecule is COc1ccc(-c2cccc3cc(C(=O)N4C[C@@H]5NCCO[C@@H]5C4)ccc23)cn1. The standard InChI is InChI=1S/C23H23N3O3/c1-28-22-8-6-17(12-25-22)18-4-2-3-15-11-16(5-7-19(15)18)23(27)26-13-20-21(14-26)29-10-9-24-20/h2-8,11-12,20-21,24H,9-10,13-14H2,1H3/t20-,21+/m0/s1. The maximum atomic E-state index is 13.1. The second-order valence-corrected chi connectivity index (χ2v) is 7.51. The van der Waals surface area contributed by atoms with E-state index in [4.69, 9.17) is 9.47 Å². The highest BCUT2D eigenvalue weighted by molar-refractivity contribution is 6.02. The highest BCUT2D eigenvalue weighted by atomic mass is 16.5. The zero-order valence-corrected chi connectivity index (χ0v) is 16.3. The summed E-state index contributed by atoms with van der Waals surface area (Å²) in [6.07, 6.45) is 1.91. The van der Waals surface area contributed by atoms with E-state index in [1.807, 2.05) is 53.6 Å². The summed E-state index contributed by atoms with van der Waals surface area (Å²) in [4.78, 5) is 19.3. The van der Waals surface area contributed by atoms with Crippen molar-refractivity contribution in [1.29, 1.82) is 0 Å². The fourth-order valence-corrected chi connectivity index (χ4v) is 4.27. The summed E-state index contributed by atoms with van der Waals surface area (Å²) in [6.45, 7) is 2.90. The molecular formula is C23H23N3O3. The van der Waals surface area contributed by atoms with Crippen LogP contribution in [0, 0.1) is 0 Å². The molecule has 2 aromatic carbocycles. The van der Waals surface area contributed by atoms with Crippen molar-refractivity contribution in [1.82, 2.24) is 15.2 Å². The fraction of sp³-hybridized carbons (Fsp3) is 0.304. The summed E-state index contributed by atoms with van der Waals surface area (Å²) >= 11 is 0. The summed E-state index contributed by atoms with van der Waals surface area (Å²) in [5.74, 6) is 0.648. The second-order valence-electron chi connectivity index (χ2n) is 7.51. The lowest BCUT2D eigenvalue weighted by Crippen LogP contribution is -2.47. The summed E-state index contributed by atoms with van der Waals surface area (Å²) in [7, 11) is 1.61. The molecule has 1 amide bonds. The second kappa shape index (κ2) is 7.46. The van der Waals surface area contributed by atoms with Gasteiger partial charge in [-0.05, 0) is 34.5 Å². The first-order valence-corrected chi connectivity index (χ1v) is 9.90. The average Bonchev–Trinajstić information content (AvgIpc) is 3.22. The topological polar surface area (TPSA) is 63.7 Å². The van der Waals surface area contributed by atoms with Crippen LogP contribution < -0.4 is 10.1 Å². The third-order valence-electron chi connectivity index (χ3n) is 5.78. The molecule has 2 aliphatic rings. The Morgan fingerprint density at radius 3 is 2.93 bits per heavy atom. The number of amides is 1. The molecule has 1 N–H and O–H groups in total. The van der Waals surface area contributed by atoms with Gasteiger partial charge in [0.15, 0.2) is 0 Å². The Labute approximate surface area is 169 Å². The van der Waals surface area contributed by atoms with Crippen molar-refractivity contribution < 1.29 is 14.3 Å². The van der Waals surface area contributed by atoms with Crippen LogP contribution in [-0.4, -0.2) is 61.3 Å². The van der Waals surface area contributed by atoms with Crippen molar-refractivity contribution in [2.45, 2.75) is 12.1 Å². The summed E-state index contributed by atoms with van der Waals surface area (Å²) in [6, 6.07) is 16.1. The van der Waals surface area contributed by atoms with Crippen LogP contribution in [0.2, 0.25) is 0 Å². The number of morpholine rings is 1. The van der Waals surface area contributed by atoms with Crippen molar-refractivity contribution in [3.05, 3.63) is 60.3 Å². The molecular weight excluding hydrogens is 366 g/mol. The van der Waals surface area contributed by atoms with Gasteiger partial charge in [0, 0.05) is 43.0 Å². The van der Waals surface area contributed by atoms with Crippen LogP contribution >= 0.6 is 0 Å². The largest absolute Gasteiger partial charge is 0.481 e. The van der Waals surface area contributed by atoms with Crippen molar-refractivity contribution in [2.75, 3.05) is 33.4 Å². The molecule has 5 rings (SSSR count). The predicted molar refractivity (Wildman–Crippen MR) is 111 cm³/mol. The molecule has 0 bridgehead atoms. The highest BCUT2D eigenvalue weighted by Gasteiger charge is 2.37. The van der Waals surface area contributed by atoms with Gasteiger partial charge in [-0.1, -0.05) is 24.3 Å². The zero-order chi connectivity index (χ0) is 19.8. The molecule has 2 fully saturated rings. The smallest absolute Gasteiger partial charge is 0.254 e. The normalized spacial score (nSPS) is 21.2. The van der Waals surface area contributed by atoms with Gasteiger partial charge in [0.25, 0.3) is 5.91 Å². The number of nitrogens with zero attached hydrogens (tertiary/aromatic N) is 2. The van der Waals surface area contributed by atoms with Crippen molar-refractivity contribution >= 4 is 16.7 Å². The highest BCUT2D eigenvalue weighted by Crippen LogP contribution is 2.30. The molecule has 0 saturated carbocycles. The first kappa shape index (κ1) is 18.1. The van der Waals surface area contributed by atoms with E-state index in [1.165, 1.54) is 0 Å². The number of methoxy groups -OCH3 is 1. The van der Waals surface area contributed by atoms with Gasteiger partial charge in [-0.3, -0.25) is 4.79 Å². The number of aromatic nitrogens is 1. The Kier molecular flexibility index (Phi) is 4.66. The van der Waals surface area contributed by atoms with Gasteiger partial charge in [-0.25, -0.2) is 4.98 Å². The van der Waals surface area contributed by atoms with Gasteiger partial charge in [-0.2, -0.15) is 0 Å². The van der Waals surface area contributed by atoms with E-state index < -0.39 is 0 Å². The molecule has 0 spiro atoms. The minimum Gasteiger partial charge on any atom is -0.481 e. The molecule has 29 heavy (non-hydrogen) atoms. The average molecular weight is 389 g/mol. The van der Waals surface area contributed by atoms with Gasteiger partial charge in [0.05, 0.1) is 25.9 Å². The van der Waals surface area contributed by atoms with E-state index in [0.29, 0.717) is 31.1 Å². The quantitative estimate of drug-likeness (QED) is 0.746. The van der Waals surface area contributed by atoms with Gasteiger partial charge in [0.1, 0.15) is 0 Å². The molecule has 0 unspecified atom stereocenters. The number of pyridine rings is 1. The number of carbonyl (C=O) groups is 1. The molecule has 1 aromatic heterocycles. The molecule has 0 aliphatic carbocycles. The minimum absolute atomic E-state index is 0.0585. The fourth-order valence-electron chi connectivity index (χ4n) is 4.27. The van der Waals surface area contributed by atoms with Crippen LogP contribution in [0.4, 0.5) is 0 Å². The van der Waals surface area contributed by atoms with Crippen LogP contribution in [0.15, 0.2) is 54.7 Å². The van der Waals surface area contributed by atoms with Gasteiger partial charge >= 0.3 is 0 Å². The maximum Gasteiger partial charge on any atom is 0.254 e. The number of carbonyl (C=O) groups excluding carboxylic acids is 1. The monoisotopic (exact) mass is 389 g/mol. The number of hydrogen-bond donors (Lipinski definition) is 1. The van der Waals surface area contributed by atoms with E-state index in [9.17, 15) is 4.79 Å². The first-order valence-electron chi connectivity index (χ1n) is 9.90. The molecule has 2 atom stereocenters. The number of ether oxygens (including phenoxy) is 2. The van der Waals surface area contributed by atoms with Gasteiger partial charge in [-0.15, -0.1) is 0 Å². The van der Waals surface area contributed by atoms with E-state index in [2.05, 4.69) is 16.4 Å². The van der Waals surface area contributed by atoms with Gasteiger partial charge < -0.3 is 19.7 Å². The third kappa shape index (κ3) is 3.34. The molecule has 6 nitrogen and oxygen atoms in total. The van der Waals surface area contributed by atoms with E-state index in [-0.39, 0.29) is 18.1 Å². The van der Waals surface area contributed by atoms with Crippen LogP contribution in [0.25, 0.3) is 21.9 Å². The number of nitrogens with one attached hydrogen (secondary N) is 1. The molecule has 148 valence electrons. The summed E-state index contributed by atoms with van der Waals surface area (Å²) in [5, 5.41) is 5.58. The van der Waals surface area contributed by atoms with Crippen molar-refractivity contribution in [3.63, 3.8) is 0 Å². The van der Waals surface area contributed by atoms with Crippen molar-refractivity contribution in [3.8, 4) is 17.0 Å². The molecule has 3 heterocycles. The molecule has 6 heteroatoms. The Morgan fingerprint density at radius 2 is 2.14 bits per heavy atom. The Balaban J connectivity index is 1.44. The van der Waals surface area contributed by atoms with Crippen LogP contribution in [0.5, 0.6) is 5.88 Å². The number of hydrogen-bond acceptors (Lipinski definition) is 5. The first-order chi connectivity index (χ1) is 14.2. The number of benzene rings is 2. The lowest BCUT2D eigenvalue weighted by atomic mass is 9.97. The van der Waals surface area contributed by atoms with E-state index >= 15 is 0 Å². The molecule has 2 saturated heterocycles. The number of rotatable bonds is 3. The van der Waals surface area contributed by atoms with Crippen LogP contribution in [-0.2, 0) is 4.74 Å². The van der Waals surface area contributed by atoms with E-state index in [0.717, 1.165) is 28.4 Å². The van der Waals surface area contributed by atoms with Crippen LogP contribution in [0.3, 0.4) is 0 Å². The Bertz CT molecular complexity index is 1040. The molecule has 0 radical (unpaired) electrons. The summed E-state index contributed by atoms with van der Waals surface area (Å²) in [5.41, 5.74) is 2.81. The molecule has 2 aliphatic heterocycles. The van der Waals surface area contributed by atoms with Gasteiger partial charge in [0.2, 0.25) is 5.88 Å². The zero-order valence-electron chi connectivity index (χ0n) is 16.3. The predicted octanol–water partition coefficient (Wildman–Crippen LogP) is 2.72. The minimum atomic E-state index is 0.0585. The Morgan fingerprint density at radius 1 is 1.21 bits per heavy atom. The van der Waals surface area contributed by atoms with Crippen molar-refractivity contribution in [2.24, 2.45) is 0 Å². The number of fused-ring (bicyclic) bond motifs is 2. The third-order valence-corrected chi connectivity index (χ3v) is 5.78. The Hall–Kier alpha value is -2.96. The maximum absolute atomic E-state index is 13.1. The van der Waals surface area contributed by atoms with E-state index in [1.54, 1.807) is 7.11 Å². The lowest BCUT2D eigenvalue weighted by molar-refractivity contribution is 0.0176. The lowest BCUT2D eigenvalue weighted by Gasteiger charge is -2.25. The van der Waals surface area contributed by atoms with Crippen LogP contribution in [0.1, 0.15) is 10.4 Å². The number of likely N-dealkylation sites (tertiary alicyclic amines) is 1. The molecule has 3 aromatic rings. The summed E-state index contributed by atoms with van der Waals surface area (Å²) < 4.78 is 11.0.